The van der Waals surface area contributed by atoms with Crippen molar-refractivity contribution >= 4 is 29.0 Å². The van der Waals surface area contributed by atoms with Gasteiger partial charge in [0.25, 0.3) is 0 Å². The van der Waals surface area contributed by atoms with Crippen LogP contribution in [-0.2, 0) is 33.6 Å². The molecule has 2 N–H and O–H groups in total. The first-order valence-electron chi connectivity index (χ1n) is 12.6. The molecule has 0 unspecified atom stereocenters. The minimum Gasteiger partial charge on any atom is -0.490 e. The van der Waals surface area contributed by atoms with E-state index in [1.54, 1.807) is 12.1 Å². The van der Waals surface area contributed by atoms with E-state index in [-0.39, 0.29) is 53.8 Å². The number of hydrogen-bond donors (Lipinski definition) is 2. The Balaban J connectivity index is 0.000000338. The molecule has 0 aliphatic carbocycles. The van der Waals surface area contributed by atoms with Gasteiger partial charge in [-0.15, -0.1) is 0 Å². The highest BCUT2D eigenvalue weighted by atomic mass is 16.6. The van der Waals surface area contributed by atoms with Crippen LogP contribution in [-0.4, -0.2) is 72.0 Å². The standard InChI is InChI=1S/C10H11NO5.C9H9NO5.C9H11NO4/c1-15-9-4-3-7(6-10(12)16-2)5-8(9)11(13)14;1-15-8-3-2-6(5-9(11)12)4-7(8)10(13)14;1-14-9-3-2-7(4-5-11)6-8(9)10(12)13/h3-5H,6H2,1-2H3;2-4H,5H2,1H3,(H,11,12);2-3,6,11H,4-5H2,1H3. The van der Waals surface area contributed by atoms with Gasteiger partial charge < -0.3 is 29.2 Å². The fourth-order valence-electron chi connectivity index (χ4n) is 3.55. The van der Waals surface area contributed by atoms with Crippen LogP contribution < -0.4 is 14.2 Å². The normalized spacial score (nSPS) is 9.71. The Morgan fingerprint density at radius 1 is 0.644 bits per heavy atom. The Labute approximate surface area is 256 Å². The summed E-state index contributed by atoms with van der Waals surface area (Å²) in [6, 6.07) is 13.1. The van der Waals surface area contributed by atoms with Gasteiger partial charge in [0.2, 0.25) is 0 Å². The van der Waals surface area contributed by atoms with Crippen LogP contribution in [0.5, 0.6) is 17.2 Å². The van der Waals surface area contributed by atoms with E-state index in [0.29, 0.717) is 17.5 Å². The third kappa shape index (κ3) is 12.1. The number of carboxylic acids is 1. The third-order valence-electron chi connectivity index (χ3n) is 5.65. The summed E-state index contributed by atoms with van der Waals surface area (Å²) in [6.45, 7) is -0.0243. The van der Waals surface area contributed by atoms with Gasteiger partial charge in [-0.1, -0.05) is 18.2 Å². The number of ether oxygens (including phenoxy) is 4. The highest BCUT2D eigenvalue weighted by Gasteiger charge is 2.17. The first-order valence-corrected chi connectivity index (χ1v) is 12.6. The molecule has 0 spiro atoms. The van der Waals surface area contributed by atoms with Gasteiger partial charge in [0.05, 0.1) is 56.1 Å². The topological polar surface area (TPSA) is 241 Å². The molecule has 3 aromatic rings. The number of methoxy groups -OCH3 is 4. The van der Waals surface area contributed by atoms with Crippen molar-refractivity contribution in [3.05, 3.63) is 102 Å². The molecule has 0 amide bonds. The first kappa shape index (κ1) is 37.2. The molecular formula is C28H31N3O14. The number of nitro benzene ring substituents is 3. The molecule has 3 rings (SSSR count). The predicted octanol–water partition coefficient (Wildman–Crippen LogP) is 3.69. The summed E-state index contributed by atoms with van der Waals surface area (Å²) < 4.78 is 18.9. The summed E-state index contributed by atoms with van der Waals surface area (Å²) in [5.41, 5.74) is 1.15. The number of aliphatic hydroxyl groups excluding tert-OH is 1. The van der Waals surface area contributed by atoms with Crippen LogP contribution in [0.3, 0.4) is 0 Å². The molecule has 3 aromatic carbocycles. The van der Waals surface area contributed by atoms with Crippen molar-refractivity contribution in [2.45, 2.75) is 19.3 Å². The van der Waals surface area contributed by atoms with Crippen LogP contribution in [0.15, 0.2) is 54.6 Å². The van der Waals surface area contributed by atoms with Gasteiger partial charge in [0, 0.05) is 24.8 Å². The molecule has 45 heavy (non-hydrogen) atoms. The summed E-state index contributed by atoms with van der Waals surface area (Å²) in [5, 5.41) is 49.1. The second kappa shape index (κ2) is 18.6. The lowest BCUT2D eigenvalue weighted by Crippen LogP contribution is -2.05. The number of carbonyl (C=O) groups excluding carboxylic acids is 1. The van der Waals surface area contributed by atoms with E-state index in [0.717, 1.165) is 5.56 Å². The summed E-state index contributed by atoms with van der Waals surface area (Å²) in [7, 11) is 5.32. The lowest BCUT2D eigenvalue weighted by Gasteiger charge is -2.04. The number of aliphatic carboxylic acids is 1. The molecule has 0 aliphatic heterocycles. The molecule has 0 atom stereocenters. The van der Waals surface area contributed by atoms with Gasteiger partial charge in [-0.3, -0.25) is 39.9 Å². The van der Waals surface area contributed by atoms with Crippen molar-refractivity contribution in [3.8, 4) is 17.2 Å². The molecule has 0 radical (unpaired) electrons. The van der Waals surface area contributed by atoms with Crippen molar-refractivity contribution in [2.75, 3.05) is 35.0 Å². The van der Waals surface area contributed by atoms with Crippen LogP contribution in [0, 0.1) is 30.3 Å². The van der Waals surface area contributed by atoms with Crippen LogP contribution >= 0.6 is 0 Å². The van der Waals surface area contributed by atoms with E-state index in [4.69, 9.17) is 24.4 Å². The molecule has 0 saturated heterocycles. The summed E-state index contributed by atoms with van der Waals surface area (Å²) in [6.07, 6.45) is 0.164. The van der Waals surface area contributed by atoms with Crippen LogP contribution in [0.25, 0.3) is 0 Å². The van der Waals surface area contributed by atoms with Crippen molar-refractivity contribution < 1.29 is 53.5 Å². The van der Waals surface area contributed by atoms with E-state index in [1.165, 1.54) is 70.9 Å². The number of carbonyl (C=O) groups is 2. The van der Waals surface area contributed by atoms with Crippen molar-refractivity contribution in [2.24, 2.45) is 0 Å². The Kier molecular flexibility index (Phi) is 15.4. The maximum Gasteiger partial charge on any atom is 0.311 e. The predicted molar refractivity (Wildman–Crippen MR) is 157 cm³/mol. The van der Waals surface area contributed by atoms with E-state index < -0.39 is 26.7 Å². The molecule has 17 heteroatoms. The summed E-state index contributed by atoms with van der Waals surface area (Å²) >= 11 is 0. The number of aliphatic hydroxyl groups is 1. The number of nitro groups is 3. The van der Waals surface area contributed by atoms with Crippen molar-refractivity contribution in [3.63, 3.8) is 0 Å². The van der Waals surface area contributed by atoms with Crippen LogP contribution in [0.4, 0.5) is 17.1 Å². The van der Waals surface area contributed by atoms with E-state index in [1.807, 2.05) is 0 Å². The minimum atomic E-state index is -1.03. The second-order valence-electron chi connectivity index (χ2n) is 8.59. The molecule has 242 valence electrons. The molecular weight excluding hydrogens is 602 g/mol. The lowest BCUT2D eigenvalue weighted by atomic mass is 10.1. The highest BCUT2D eigenvalue weighted by Crippen LogP contribution is 2.29. The van der Waals surface area contributed by atoms with E-state index >= 15 is 0 Å². The number of carboxylic acid groups (broad SMARTS) is 1. The monoisotopic (exact) mass is 633 g/mol. The fourth-order valence-corrected chi connectivity index (χ4v) is 3.55. The van der Waals surface area contributed by atoms with Crippen LogP contribution in [0.2, 0.25) is 0 Å². The Hall–Kier alpha value is -5.84. The number of esters is 1. The first-order chi connectivity index (χ1) is 21.3. The third-order valence-corrected chi connectivity index (χ3v) is 5.65. The zero-order valence-electron chi connectivity index (χ0n) is 24.7. The van der Waals surface area contributed by atoms with Gasteiger partial charge in [-0.2, -0.15) is 0 Å². The zero-order valence-corrected chi connectivity index (χ0v) is 24.7. The highest BCUT2D eigenvalue weighted by molar-refractivity contribution is 5.73. The van der Waals surface area contributed by atoms with Crippen LogP contribution in [0.1, 0.15) is 16.7 Å². The molecule has 0 saturated carbocycles. The number of nitrogens with zero attached hydrogens (tertiary/aromatic N) is 3. The zero-order chi connectivity index (χ0) is 34.1. The molecule has 0 bridgehead atoms. The second-order valence-corrected chi connectivity index (χ2v) is 8.59. The Bertz CT molecular complexity index is 1510. The van der Waals surface area contributed by atoms with Gasteiger partial charge >= 0.3 is 29.0 Å². The maximum atomic E-state index is 11.0. The van der Waals surface area contributed by atoms with Crippen molar-refractivity contribution in [1.29, 1.82) is 0 Å². The minimum absolute atomic E-state index is 0.00132. The number of hydrogen-bond acceptors (Lipinski definition) is 13. The van der Waals surface area contributed by atoms with Crippen molar-refractivity contribution in [1.82, 2.24) is 0 Å². The summed E-state index contributed by atoms with van der Waals surface area (Å²) in [4.78, 5) is 51.6. The molecule has 0 fully saturated rings. The lowest BCUT2D eigenvalue weighted by molar-refractivity contribution is -0.385. The maximum absolute atomic E-state index is 11.0. The Morgan fingerprint density at radius 3 is 1.31 bits per heavy atom. The van der Waals surface area contributed by atoms with E-state index in [9.17, 15) is 39.9 Å². The molecule has 0 heterocycles. The van der Waals surface area contributed by atoms with Gasteiger partial charge in [-0.05, 0) is 41.3 Å². The molecule has 17 nitrogen and oxygen atoms in total. The van der Waals surface area contributed by atoms with E-state index in [2.05, 4.69) is 4.74 Å². The average molecular weight is 634 g/mol. The SMILES string of the molecule is COC(=O)Cc1ccc(OC)c([N+](=O)[O-])c1.COc1ccc(CC(=O)O)cc1[N+](=O)[O-].COc1ccc(CCO)cc1[N+](=O)[O-]. The Morgan fingerprint density at radius 2 is 1.00 bits per heavy atom. The van der Waals surface area contributed by atoms with Gasteiger partial charge in [0.1, 0.15) is 0 Å². The number of rotatable bonds is 12. The number of benzene rings is 3. The smallest absolute Gasteiger partial charge is 0.311 e. The van der Waals surface area contributed by atoms with Gasteiger partial charge in [-0.25, -0.2) is 0 Å². The molecule has 0 aliphatic rings. The largest absolute Gasteiger partial charge is 0.490 e. The van der Waals surface area contributed by atoms with Gasteiger partial charge in [0.15, 0.2) is 17.2 Å². The quantitative estimate of drug-likeness (QED) is 0.164. The fraction of sp³-hybridized carbons (Fsp3) is 0.286. The average Bonchev–Trinajstić information content (AvgIpc) is 3.01. The summed E-state index contributed by atoms with van der Waals surface area (Å²) in [5.74, 6) is -0.960. The molecule has 0 aromatic heterocycles.